The quantitative estimate of drug-likeness (QED) is 0.786. The van der Waals surface area contributed by atoms with Crippen LogP contribution in [-0.4, -0.2) is 19.2 Å². The Morgan fingerprint density at radius 3 is 2.71 bits per heavy atom. The minimum Gasteiger partial charge on any atom is -0.462 e. The number of ether oxygens (including phenoxy) is 2. The summed E-state index contributed by atoms with van der Waals surface area (Å²) in [6.45, 7) is -1.21. The maximum atomic E-state index is 12.1. The highest BCUT2D eigenvalue weighted by Gasteiger charge is 2.20. The van der Waals surface area contributed by atoms with Gasteiger partial charge in [-0.2, -0.15) is 8.78 Å². The molecule has 0 bridgehead atoms. The van der Waals surface area contributed by atoms with E-state index in [0.717, 1.165) is 0 Å². The molecule has 0 radical (unpaired) electrons. The average molecular weight is 330 g/mol. The van der Waals surface area contributed by atoms with Crippen LogP contribution in [0.1, 0.15) is 17.3 Å². The zero-order valence-electron chi connectivity index (χ0n) is 8.68. The number of carbonyl (C=O) groups is 1. The van der Waals surface area contributed by atoms with Crippen molar-refractivity contribution in [3.63, 3.8) is 0 Å². The first-order valence-corrected chi connectivity index (χ1v) is 5.74. The molecule has 0 atom stereocenters. The van der Waals surface area contributed by atoms with Gasteiger partial charge in [0.15, 0.2) is 5.75 Å². The number of rotatable bonds is 4. The summed E-state index contributed by atoms with van der Waals surface area (Å²) in [6, 6.07) is 2.65. The molecule has 7 heteroatoms. The van der Waals surface area contributed by atoms with Crippen LogP contribution < -0.4 is 4.74 Å². The van der Waals surface area contributed by atoms with Crippen molar-refractivity contribution in [2.45, 2.75) is 13.5 Å². The number of hydrogen-bond donors (Lipinski definition) is 0. The Labute approximate surface area is 110 Å². The monoisotopic (exact) mass is 328 g/mol. The van der Waals surface area contributed by atoms with Crippen LogP contribution in [0.2, 0.25) is 5.02 Å². The predicted molar refractivity (Wildman–Crippen MR) is 61.7 cm³/mol. The van der Waals surface area contributed by atoms with Crippen molar-refractivity contribution in [3.05, 3.63) is 27.2 Å². The molecule has 0 unspecified atom stereocenters. The van der Waals surface area contributed by atoms with Crippen molar-refractivity contribution in [2.24, 2.45) is 0 Å². The van der Waals surface area contributed by atoms with Crippen LogP contribution in [0.5, 0.6) is 5.75 Å². The summed E-state index contributed by atoms with van der Waals surface area (Å²) in [5.41, 5.74) is 0.0758. The molecular formula is C10H8BrClF2O3. The molecule has 1 rings (SSSR count). The van der Waals surface area contributed by atoms with Crippen LogP contribution in [0, 0.1) is 0 Å². The Balaban J connectivity index is 3.14. The maximum Gasteiger partial charge on any atom is 0.387 e. The number of carbonyl (C=O) groups excluding carboxylic acids is 1. The first kappa shape index (κ1) is 14.2. The maximum absolute atomic E-state index is 12.1. The Bertz CT molecular complexity index is 426. The van der Waals surface area contributed by atoms with Gasteiger partial charge in [0.1, 0.15) is 0 Å². The topological polar surface area (TPSA) is 35.5 Å². The Morgan fingerprint density at radius 2 is 2.18 bits per heavy atom. The highest BCUT2D eigenvalue weighted by Crippen LogP contribution is 2.37. The smallest absolute Gasteiger partial charge is 0.387 e. The van der Waals surface area contributed by atoms with E-state index in [-0.39, 0.29) is 27.4 Å². The molecule has 1 aromatic rings. The van der Waals surface area contributed by atoms with E-state index in [1.807, 2.05) is 0 Å². The molecule has 0 aliphatic rings. The molecule has 3 nitrogen and oxygen atoms in total. The first-order valence-electron chi connectivity index (χ1n) is 4.57. The van der Waals surface area contributed by atoms with Gasteiger partial charge in [-0.3, -0.25) is 0 Å². The van der Waals surface area contributed by atoms with Gasteiger partial charge in [-0.05, 0) is 35.0 Å². The second kappa shape index (κ2) is 6.16. The van der Waals surface area contributed by atoms with Crippen molar-refractivity contribution in [1.82, 2.24) is 0 Å². The van der Waals surface area contributed by atoms with E-state index in [2.05, 4.69) is 20.7 Å². The lowest BCUT2D eigenvalue weighted by Crippen LogP contribution is -2.08. The fourth-order valence-corrected chi connectivity index (χ4v) is 2.01. The molecule has 0 heterocycles. The fraction of sp³-hybridized carbons (Fsp3) is 0.300. The van der Waals surface area contributed by atoms with Gasteiger partial charge in [0, 0.05) is 0 Å². The molecule has 1 aromatic carbocycles. The van der Waals surface area contributed by atoms with Gasteiger partial charge in [-0.15, -0.1) is 0 Å². The Morgan fingerprint density at radius 1 is 1.53 bits per heavy atom. The molecule has 0 aromatic heterocycles. The van der Waals surface area contributed by atoms with Crippen molar-refractivity contribution in [2.75, 3.05) is 6.61 Å². The standard InChI is InChI=1S/C10H8BrClF2O3/c1-2-16-9(15)5-3-4-6(12)8(7(5)11)17-10(13)14/h3-4,10H,2H2,1H3. The van der Waals surface area contributed by atoms with Gasteiger partial charge in [0.05, 0.1) is 21.7 Å². The summed E-state index contributed by atoms with van der Waals surface area (Å²) >= 11 is 8.67. The molecule has 0 spiro atoms. The van der Waals surface area contributed by atoms with E-state index in [1.54, 1.807) is 6.92 Å². The summed E-state index contributed by atoms with van der Waals surface area (Å²) in [7, 11) is 0. The number of halogens is 4. The summed E-state index contributed by atoms with van der Waals surface area (Å²) < 4.78 is 33.3. The minimum absolute atomic E-state index is 0.0229. The van der Waals surface area contributed by atoms with Gasteiger partial charge in [0.2, 0.25) is 0 Å². The molecule has 0 saturated heterocycles. The minimum atomic E-state index is -3.03. The summed E-state index contributed by atoms with van der Waals surface area (Å²) in [4.78, 5) is 11.5. The molecule has 0 amide bonds. The average Bonchev–Trinajstić information content (AvgIpc) is 2.24. The summed E-state index contributed by atoms with van der Waals surface area (Å²) in [6.07, 6.45) is 0. The number of benzene rings is 1. The number of hydrogen-bond acceptors (Lipinski definition) is 3. The van der Waals surface area contributed by atoms with Crippen LogP contribution >= 0.6 is 27.5 Å². The first-order chi connectivity index (χ1) is 7.97. The van der Waals surface area contributed by atoms with E-state index in [4.69, 9.17) is 16.3 Å². The molecule has 0 N–H and O–H groups in total. The van der Waals surface area contributed by atoms with Crippen LogP contribution in [0.4, 0.5) is 8.78 Å². The molecule has 0 fully saturated rings. The molecule has 0 saturated carbocycles. The predicted octanol–water partition coefficient (Wildman–Crippen LogP) is 3.88. The molecule has 0 aliphatic heterocycles. The fourth-order valence-electron chi connectivity index (χ4n) is 1.10. The molecular weight excluding hydrogens is 321 g/mol. The second-order valence-electron chi connectivity index (χ2n) is 2.84. The van der Waals surface area contributed by atoms with Crippen molar-refractivity contribution >= 4 is 33.5 Å². The van der Waals surface area contributed by atoms with Crippen LogP contribution in [0.3, 0.4) is 0 Å². The van der Waals surface area contributed by atoms with Gasteiger partial charge >= 0.3 is 12.6 Å². The zero-order chi connectivity index (χ0) is 13.0. The van der Waals surface area contributed by atoms with E-state index in [9.17, 15) is 13.6 Å². The Hall–Kier alpha value is -0.880. The lowest BCUT2D eigenvalue weighted by molar-refractivity contribution is -0.0503. The molecule has 94 valence electrons. The van der Waals surface area contributed by atoms with Crippen molar-refractivity contribution in [1.29, 1.82) is 0 Å². The molecule has 17 heavy (non-hydrogen) atoms. The highest BCUT2D eigenvalue weighted by molar-refractivity contribution is 9.10. The van der Waals surface area contributed by atoms with E-state index >= 15 is 0 Å². The van der Waals surface area contributed by atoms with Crippen LogP contribution in [0.25, 0.3) is 0 Å². The van der Waals surface area contributed by atoms with Crippen LogP contribution in [-0.2, 0) is 4.74 Å². The van der Waals surface area contributed by atoms with Crippen molar-refractivity contribution < 1.29 is 23.0 Å². The zero-order valence-corrected chi connectivity index (χ0v) is 11.0. The second-order valence-corrected chi connectivity index (χ2v) is 4.04. The summed E-state index contributed by atoms with van der Waals surface area (Å²) in [5, 5.41) is -0.0229. The molecule has 0 aliphatic carbocycles. The lowest BCUT2D eigenvalue weighted by atomic mass is 10.2. The van der Waals surface area contributed by atoms with Crippen LogP contribution in [0.15, 0.2) is 16.6 Å². The van der Waals surface area contributed by atoms with E-state index in [1.165, 1.54) is 12.1 Å². The Kier molecular flexibility index (Phi) is 5.14. The lowest BCUT2D eigenvalue weighted by Gasteiger charge is -2.11. The third kappa shape index (κ3) is 3.54. The van der Waals surface area contributed by atoms with E-state index < -0.39 is 12.6 Å². The summed E-state index contributed by atoms with van der Waals surface area (Å²) in [5.74, 6) is -0.928. The van der Waals surface area contributed by atoms with Gasteiger partial charge in [0.25, 0.3) is 0 Å². The normalized spacial score (nSPS) is 10.5. The largest absolute Gasteiger partial charge is 0.462 e. The third-order valence-corrected chi connectivity index (χ3v) is 2.84. The van der Waals surface area contributed by atoms with Gasteiger partial charge in [-0.25, -0.2) is 4.79 Å². The number of esters is 1. The third-order valence-electron chi connectivity index (χ3n) is 1.75. The highest BCUT2D eigenvalue weighted by atomic mass is 79.9. The van der Waals surface area contributed by atoms with E-state index in [0.29, 0.717) is 0 Å². The van der Waals surface area contributed by atoms with Gasteiger partial charge in [-0.1, -0.05) is 11.6 Å². The van der Waals surface area contributed by atoms with Gasteiger partial charge < -0.3 is 9.47 Å². The number of alkyl halides is 2. The SMILES string of the molecule is CCOC(=O)c1ccc(Cl)c(OC(F)F)c1Br. The van der Waals surface area contributed by atoms with Crippen molar-refractivity contribution in [3.8, 4) is 5.75 Å².